The van der Waals surface area contributed by atoms with Crippen molar-refractivity contribution in [1.82, 2.24) is 0 Å². The van der Waals surface area contributed by atoms with Crippen LogP contribution in [-0.4, -0.2) is 51.4 Å². The van der Waals surface area contributed by atoms with E-state index < -0.39 is 19.8 Å². The Hall–Kier alpha value is -1.13. The molecule has 0 aliphatic heterocycles. The molecule has 0 aromatic rings. The number of methoxy groups -OCH3 is 1. The first-order valence-corrected chi connectivity index (χ1v) is 15.9. The second-order valence-corrected chi connectivity index (χ2v) is 18.0. The van der Waals surface area contributed by atoms with E-state index in [9.17, 15) is 9.90 Å². The molecule has 1 saturated carbocycles. The van der Waals surface area contributed by atoms with Gasteiger partial charge < -0.3 is 19.0 Å². The van der Waals surface area contributed by atoms with Crippen molar-refractivity contribution in [2.24, 2.45) is 17.3 Å². The average Bonchev–Trinajstić information content (AvgIpc) is 2.78. The fourth-order valence-corrected chi connectivity index (χ4v) is 11.4. The van der Waals surface area contributed by atoms with E-state index in [0.717, 1.165) is 24.8 Å². The summed E-state index contributed by atoms with van der Waals surface area (Å²) in [5, 5.41) is 10.8. The van der Waals surface area contributed by atoms with Gasteiger partial charge in [0.15, 0.2) is 6.61 Å². The zero-order valence-electron chi connectivity index (χ0n) is 25.1. The Morgan fingerprint density at radius 3 is 2.06 bits per heavy atom. The number of ether oxygens (including phenoxy) is 2. The van der Waals surface area contributed by atoms with Crippen molar-refractivity contribution in [3.63, 3.8) is 0 Å². The zero-order valence-corrected chi connectivity index (χ0v) is 26.1. The normalized spacial score (nSPS) is 23.4. The van der Waals surface area contributed by atoms with E-state index in [1.807, 2.05) is 34.6 Å². The highest BCUT2D eigenvalue weighted by Crippen LogP contribution is 2.45. The first-order valence-electron chi connectivity index (χ1n) is 13.8. The summed E-state index contributed by atoms with van der Waals surface area (Å²) in [6.07, 6.45) is 4.62. The van der Waals surface area contributed by atoms with Crippen molar-refractivity contribution in [3.05, 3.63) is 11.6 Å². The van der Waals surface area contributed by atoms with Gasteiger partial charge in [-0.3, -0.25) is 4.79 Å². The maximum atomic E-state index is 11.9. The number of carbonyl (C=O) groups excluding carboxylic acids is 1. The molecule has 0 spiro atoms. The molecule has 0 unspecified atom stereocenters. The Kier molecular flexibility index (Phi) is 12.9. The van der Waals surface area contributed by atoms with Crippen molar-refractivity contribution in [3.8, 4) is 11.8 Å². The lowest BCUT2D eigenvalue weighted by atomic mass is 9.83. The van der Waals surface area contributed by atoms with E-state index in [1.54, 1.807) is 7.11 Å². The molecule has 1 aliphatic carbocycles. The molecule has 0 radical (unpaired) electrons. The minimum Gasteiger partial charge on any atom is -0.452 e. The highest BCUT2D eigenvalue weighted by molar-refractivity contribution is 6.77. The molecule has 0 amide bonds. The molecule has 0 aromatic carbocycles. The van der Waals surface area contributed by atoms with Gasteiger partial charge in [-0.05, 0) is 82.0 Å². The van der Waals surface area contributed by atoms with Crippen molar-refractivity contribution in [1.29, 1.82) is 0 Å². The van der Waals surface area contributed by atoms with Gasteiger partial charge in [0.05, 0.1) is 23.7 Å². The molecular formula is C30H54O5Si. The van der Waals surface area contributed by atoms with E-state index in [2.05, 4.69) is 59.5 Å². The third kappa shape index (κ3) is 8.72. The summed E-state index contributed by atoms with van der Waals surface area (Å²) < 4.78 is 18.2. The third-order valence-corrected chi connectivity index (χ3v) is 13.9. The maximum absolute atomic E-state index is 11.9. The molecule has 6 heteroatoms. The fraction of sp³-hybridized carbons (Fsp3) is 0.833. The highest BCUT2D eigenvalue weighted by atomic mass is 28.4. The minimum atomic E-state index is -1.98. The van der Waals surface area contributed by atoms with E-state index >= 15 is 0 Å². The van der Waals surface area contributed by atoms with Gasteiger partial charge in [-0.1, -0.05) is 59.5 Å². The number of allylic oxidation sites excluding steroid dienone is 1. The van der Waals surface area contributed by atoms with Gasteiger partial charge in [0.1, 0.15) is 0 Å². The van der Waals surface area contributed by atoms with Crippen molar-refractivity contribution in [2.45, 2.75) is 130 Å². The van der Waals surface area contributed by atoms with Gasteiger partial charge in [-0.25, -0.2) is 0 Å². The topological polar surface area (TPSA) is 65.0 Å². The Bertz CT molecular complexity index is 762. The summed E-state index contributed by atoms with van der Waals surface area (Å²) in [5.41, 5.74) is 2.02. The largest absolute Gasteiger partial charge is 0.452 e. The predicted octanol–water partition coefficient (Wildman–Crippen LogP) is 6.90. The summed E-state index contributed by atoms with van der Waals surface area (Å²) in [7, 11) is -0.182. The lowest BCUT2D eigenvalue weighted by Crippen LogP contribution is -2.53. The van der Waals surface area contributed by atoms with E-state index in [-0.39, 0.29) is 30.7 Å². The van der Waals surface area contributed by atoms with Gasteiger partial charge in [-0.15, -0.1) is 0 Å². The molecule has 1 fully saturated rings. The SMILES string of the molecule is CO[C@@H]1C[C@H](/C=C(\C)[C@@H](O)[C@H](C)C#CCOC(=O)C(C)(C)C)CC[C@H]1O[Si](C(C)C)(C(C)C)C(C)C. The van der Waals surface area contributed by atoms with Crippen LogP contribution in [0, 0.1) is 29.1 Å². The average molecular weight is 523 g/mol. The molecule has 0 aromatic heterocycles. The van der Waals surface area contributed by atoms with E-state index in [1.165, 1.54) is 0 Å². The monoisotopic (exact) mass is 522 g/mol. The molecule has 36 heavy (non-hydrogen) atoms. The van der Waals surface area contributed by atoms with Crippen LogP contribution >= 0.6 is 0 Å². The lowest BCUT2D eigenvalue weighted by Gasteiger charge is -2.47. The Balaban J connectivity index is 2.82. The van der Waals surface area contributed by atoms with Crippen LogP contribution in [-0.2, 0) is 18.7 Å². The summed E-state index contributed by atoms with van der Waals surface area (Å²) in [6, 6.07) is 0. The first kappa shape index (κ1) is 32.9. The van der Waals surface area contributed by atoms with Gasteiger partial charge >= 0.3 is 5.97 Å². The summed E-state index contributed by atoms with van der Waals surface area (Å²) >= 11 is 0. The van der Waals surface area contributed by atoms with Crippen LogP contribution in [0.1, 0.15) is 95.4 Å². The molecule has 208 valence electrons. The van der Waals surface area contributed by atoms with Crippen LogP contribution in [0.25, 0.3) is 0 Å². The maximum Gasteiger partial charge on any atom is 0.312 e. The molecule has 0 heterocycles. The van der Waals surface area contributed by atoms with Gasteiger partial charge in [-0.2, -0.15) is 0 Å². The smallest absolute Gasteiger partial charge is 0.312 e. The molecule has 1 aliphatic rings. The predicted molar refractivity (Wildman–Crippen MR) is 151 cm³/mol. The number of hydrogen-bond acceptors (Lipinski definition) is 5. The first-order chi connectivity index (χ1) is 16.6. The van der Waals surface area contributed by atoms with Crippen molar-refractivity contribution >= 4 is 14.3 Å². The molecule has 0 bridgehead atoms. The van der Waals surface area contributed by atoms with Crippen LogP contribution in [0.2, 0.25) is 16.6 Å². The third-order valence-electron chi connectivity index (χ3n) is 7.79. The Labute approximate surface area is 222 Å². The quantitative estimate of drug-likeness (QED) is 0.146. The number of esters is 1. The van der Waals surface area contributed by atoms with Gasteiger partial charge in [0.2, 0.25) is 8.32 Å². The molecule has 5 atom stereocenters. The van der Waals surface area contributed by atoms with E-state index in [0.29, 0.717) is 22.5 Å². The van der Waals surface area contributed by atoms with Crippen LogP contribution in [0.4, 0.5) is 0 Å². The number of hydrogen-bond donors (Lipinski definition) is 1. The second kappa shape index (κ2) is 14.1. The molecule has 0 saturated heterocycles. The second-order valence-electron chi connectivity index (χ2n) is 12.6. The van der Waals surface area contributed by atoms with Crippen LogP contribution in [0.5, 0.6) is 0 Å². The lowest BCUT2D eigenvalue weighted by molar-refractivity contribution is -0.151. The standard InChI is InChI=1S/C30H54O5Si/c1-20(2)36(21(3)4,22(5)6)35-26-16-15-25(19-27(26)33-12)18-24(8)28(31)23(7)14-13-17-34-29(32)30(9,10)11/h18,20-23,25-28,31H,15-17,19H2,1-12H3/b24-18+/t23-,25+,26-,27-,28+/m1/s1. The minimum absolute atomic E-state index is 0.0450. The molecule has 1 N–H and O–H groups in total. The van der Waals surface area contributed by atoms with Crippen LogP contribution in [0.3, 0.4) is 0 Å². The van der Waals surface area contributed by atoms with E-state index in [4.69, 9.17) is 13.9 Å². The molecule has 1 rings (SSSR count). The van der Waals surface area contributed by atoms with Gasteiger partial charge in [0, 0.05) is 13.0 Å². The van der Waals surface area contributed by atoms with Crippen molar-refractivity contribution in [2.75, 3.05) is 13.7 Å². The molecule has 5 nitrogen and oxygen atoms in total. The highest BCUT2D eigenvalue weighted by Gasteiger charge is 2.48. The number of carbonyl (C=O) groups is 1. The number of aliphatic hydroxyl groups is 1. The van der Waals surface area contributed by atoms with Crippen LogP contribution in [0.15, 0.2) is 11.6 Å². The van der Waals surface area contributed by atoms with Crippen molar-refractivity contribution < 1.29 is 23.8 Å². The molecular weight excluding hydrogens is 468 g/mol. The van der Waals surface area contributed by atoms with Crippen LogP contribution < -0.4 is 0 Å². The number of rotatable bonds is 10. The zero-order chi connectivity index (χ0) is 27.8. The van der Waals surface area contributed by atoms with Gasteiger partial charge in [0.25, 0.3) is 0 Å². The summed E-state index contributed by atoms with van der Waals surface area (Å²) in [5.74, 6) is 5.73. The fourth-order valence-electron chi connectivity index (χ4n) is 5.80. The Morgan fingerprint density at radius 1 is 1.03 bits per heavy atom. The summed E-state index contributed by atoms with van der Waals surface area (Å²) in [4.78, 5) is 11.9. The summed E-state index contributed by atoms with van der Waals surface area (Å²) in [6.45, 7) is 23.3. The number of aliphatic hydroxyl groups excluding tert-OH is 1. The Morgan fingerprint density at radius 2 is 1.58 bits per heavy atom.